The lowest BCUT2D eigenvalue weighted by atomic mass is 10.2. The molecule has 0 unspecified atom stereocenters. The Labute approximate surface area is 153 Å². The van der Waals surface area contributed by atoms with Gasteiger partial charge in [0.2, 0.25) is 0 Å². The predicted octanol–water partition coefficient (Wildman–Crippen LogP) is 5.00. The van der Waals surface area contributed by atoms with Crippen molar-refractivity contribution in [2.24, 2.45) is 0 Å². The number of carbonyl (C=O) groups is 1. The number of hydrogen-bond acceptors (Lipinski definition) is 3. The number of amides is 1. The fourth-order valence-electron chi connectivity index (χ4n) is 2.36. The van der Waals surface area contributed by atoms with Crippen molar-refractivity contribution in [3.63, 3.8) is 0 Å². The minimum absolute atomic E-state index is 0.200. The molecule has 0 fully saturated rings. The lowest BCUT2D eigenvalue weighted by Gasteiger charge is -2.20. The number of halogens is 2. The van der Waals surface area contributed by atoms with E-state index in [-0.39, 0.29) is 5.91 Å². The van der Waals surface area contributed by atoms with Gasteiger partial charge in [-0.2, -0.15) is 0 Å². The van der Waals surface area contributed by atoms with Crippen molar-refractivity contribution in [1.29, 1.82) is 0 Å². The van der Waals surface area contributed by atoms with Crippen LogP contribution in [0.2, 0.25) is 0 Å². The van der Waals surface area contributed by atoms with E-state index in [4.69, 9.17) is 0 Å². The van der Waals surface area contributed by atoms with Crippen molar-refractivity contribution in [2.45, 2.75) is 0 Å². The Kier molecular flexibility index (Phi) is 5.09. The van der Waals surface area contributed by atoms with Gasteiger partial charge in [-0.3, -0.25) is 9.78 Å². The molecule has 0 radical (unpaired) electrons. The molecule has 1 heterocycles. The molecule has 0 aliphatic carbocycles. The SMILES string of the molecule is CN(c1cncc(F)c1)c1cccc(NC(=O)c2cccc(Br)c2)c1. The number of rotatable bonds is 4. The first kappa shape index (κ1) is 17.1. The topological polar surface area (TPSA) is 45.2 Å². The summed E-state index contributed by atoms with van der Waals surface area (Å²) in [5.41, 5.74) is 2.64. The van der Waals surface area contributed by atoms with Crippen LogP contribution < -0.4 is 10.2 Å². The van der Waals surface area contributed by atoms with Gasteiger partial charge in [0.15, 0.2) is 0 Å². The third-order valence-electron chi connectivity index (χ3n) is 3.66. The second-order valence-corrected chi connectivity index (χ2v) is 6.35. The summed E-state index contributed by atoms with van der Waals surface area (Å²) in [4.78, 5) is 18.0. The average molecular weight is 400 g/mol. The molecule has 3 aromatic rings. The van der Waals surface area contributed by atoms with Crippen molar-refractivity contribution < 1.29 is 9.18 Å². The van der Waals surface area contributed by atoms with Gasteiger partial charge in [-0.25, -0.2) is 4.39 Å². The van der Waals surface area contributed by atoms with Crippen LogP contribution in [0.5, 0.6) is 0 Å². The lowest BCUT2D eigenvalue weighted by Crippen LogP contribution is -2.13. The van der Waals surface area contributed by atoms with Crippen LogP contribution in [0, 0.1) is 5.82 Å². The van der Waals surface area contributed by atoms with E-state index in [0.717, 1.165) is 16.4 Å². The molecule has 4 nitrogen and oxygen atoms in total. The first-order valence-electron chi connectivity index (χ1n) is 7.54. The molecule has 0 atom stereocenters. The third kappa shape index (κ3) is 4.22. The Bertz CT molecular complexity index is 916. The van der Waals surface area contributed by atoms with Gasteiger partial charge in [-0.05, 0) is 36.4 Å². The van der Waals surface area contributed by atoms with Crippen LogP contribution in [-0.2, 0) is 0 Å². The molecule has 126 valence electrons. The minimum atomic E-state index is -0.400. The van der Waals surface area contributed by atoms with E-state index in [0.29, 0.717) is 16.9 Å². The van der Waals surface area contributed by atoms with Crippen LogP contribution >= 0.6 is 15.9 Å². The molecule has 0 aliphatic heterocycles. The van der Waals surface area contributed by atoms with Crippen molar-refractivity contribution in [3.05, 3.63) is 82.8 Å². The Morgan fingerprint density at radius 2 is 1.88 bits per heavy atom. The summed E-state index contributed by atoms with van der Waals surface area (Å²) in [7, 11) is 1.81. The number of anilines is 3. The zero-order valence-corrected chi connectivity index (χ0v) is 15.0. The standard InChI is InChI=1S/C19H15BrFN3O/c1-24(18-9-15(21)11-22-12-18)17-7-3-6-16(10-17)23-19(25)13-4-2-5-14(20)8-13/h2-12H,1H3,(H,23,25). The number of nitrogens with one attached hydrogen (secondary N) is 1. The highest BCUT2D eigenvalue weighted by Gasteiger charge is 2.09. The van der Waals surface area contributed by atoms with Crippen molar-refractivity contribution in [3.8, 4) is 0 Å². The van der Waals surface area contributed by atoms with E-state index in [1.165, 1.54) is 6.07 Å². The number of hydrogen-bond donors (Lipinski definition) is 1. The highest BCUT2D eigenvalue weighted by Crippen LogP contribution is 2.26. The molecule has 0 saturated carbocycles. The minimum Gasteiger partial charge on any atom is -0.343 e. The van der Waals surface area contributed by atoms with E-state index in [1.807, 2.05) is 31.3 Å². The molecule has 3 rings (SSSR count). The van der Waals surface area contributed by atoms with Crippen LogP contribution in [-0.4, -0.2) is 17.9 Å². The number of pyridine rings is 1. The van der Waals surface area contributed by atoms with Gasteiger partial charge in [-0.15, -0.1) is 0 Å². The van der Waals surface area contributed by atoms with Crippen molar-refractivity contribution in [2.75, 3.05) is 17.3 Å². The van der Waals surface area contributed by atoms with Gasteiger partial charge >= 0.3 is 0 Å². The molecule has 25 heavy (non-hydrogen) atoms. The van der Waals surface area contributed by atoms with Crippen LogP contribution in [0.15, 0.2) is 71.5 Å². The lowest BCUT2D eigenvalue weighted by molar-refractivity contribution is 0.102. The zero-order valence-electron chi connectivity index (χ0n) is 13.4. The van der Waals surface area contributed by atoms with Crippen LogP contribution in [0.1, 0.15) is 10.4 Å². The molecule has 6 heteroatoms. The summed E-state index contributed by atoms with van der Waals surface area (Å²) in [5, 5.41) is 2.87. The second kappa shape index (κ2) is 7.44. The smallest absolute Gasteiger partial charge is 0.255 e. The fourth-order valence-corrected chi connectivity index (χ4v) is 2.76. The first-order valence-corrected chi connectivity index (χ1v) is 8.33. The number of nitrogens with zero attached hydrogens (tertiary/aromatic N) is 2. The summed E-state index contributed by atoms with van der Waals surface area (Å²) in [6.07, 6.45) is 2.74. The maximum atomic E-state index is 13.4. The second-order valence-electron chi connectivity index (χ2n) is 5.44. The molecule has 1 aromatic heterocycles. The van der Waals surface area contributed by atoms with E-state index in [9.17, 15) is 9.18 Å². The Balaban J connectivity index is 1.80. The van der Waals surface area contributed by atoms with Gasteiger partial charge in [0.05, 0.1) is 18.1 Å². The van der Waals surface area contributed by atoms with Crippen LogP contribution in [0.4, 0.5) is 21.5 Å². The maximum absolute atomic E-state index is 13.4. The molecule has 1 N–H and O–H groups in total. The number of aromatic nitrogens is 1. The zero-order chi connectivity index (χ0) is 17.8. The monoisotopic (exact) mass is 399 g/mol. The molecule has 0 spiro atoms. The molecule has 2 aromatic carbocycles. The van der Waals surface area contributed by atoms with Crippen LogP contribution in [0.25, 0.3) is 0 Å². The summed E-state index contributed by atoms with van der Waals surface area (Å²) in [5.74, 6) is -0.600. The largest absolute Gasteiger partial charge is 0.343 e. The third-order valence-corrected chi connectivity index (χ3v) is 4.15. The fraction of sp³-hybridized carbons (Fsp3) is 0.0526. The maximum Gasteiger partial charge on any atom is 0.255 e. The van der Waals surface area contributed by atoms with Crippen molar-refractivity contribution in [1.82, 2.24) is 4.98 Å². The van der Waals surface area contributed by atoms with Crippen molar-refractivity contribution >= 4 is 38.9 Å². The first-order chi connectivity index (χ1) is 12.0. The van der Waals surface area contributed by atoms with E-state index < -0.39 is 5.82 Å². The summed E-state index contributed by atoms with van der Waals surface area (Å²) in [6, 6.07) is 15.9. The highest BCUT2D eigenvalue weighted by molar-refractivity contribution is 9.10. The molecule has 1 amide bonds. The Hall–Kier alpha value is -2.73. The highest BCUT2D eigenvalue weighted by atomic mass is 79.9. The van der Waals surface area contributed by atoms with Gasteiger partial charge < -0.3 is 10.2 Å². The van der Waals surface area contributed by atoms with Gasteiger partial charge in [0.25, 0.3) is 5.91 Å². The molecule has 0 bridgehead atoms. The quantitative estimate of drug-likeness (QED) is 0.670. The number of carbonyl (C=O) groups excluding carboxylic acids is 1. The van der Waals surface area contributed by atoms with Gasteiger partial charge in [-0.1, -0.05) is 28.1 Å². The summed E-state index contributed by atoms with van der Waals surface area (Å²) in [6.45, 7) is 0. The number of benzene rings is 2. The summed E-state index contributed by atoms with van der Waals surface area (Å²) >= 11 is 3.36. The van der Waals surface area contributed by atoms with Crippen LogP contribution in [0.3, 0.4) is 0 Å². The Morgan fingerprint density at radius 3 is 2.64 bits per heavy atom. The van der Waals surface area contributed by atoms with Gasteiger partial charge in [0.1, 0.15) is 5.82 Å². The van der Waals surface area contributed by atoms with E-state index in [2.05, 4.69) is 26.2 Å². The summed E-state index contributed by atoms with van der Waals surface area (Å²) < 4.78 is 14.2. The molecular formula is C19H15BrFN3O. The normalized spacial score (nSPS) is 10.4. The van der Waals surface area contributed by atoms with E-state index >= 15 is 0 Å². The molecular weight excluding hydrogens is 385 g/mol. The molecule has 0 aliphatic rings. The van der Waals surface area contributed by atoms with E-state index in [1.54, 1.807) is 35.4 Å². The average Bonchev–Trinajstić information content (AvgIpc) is 2.61. The predicted molar refractivity (Wildman–Crippen MR) is 101 cm³/mol. The molecule has 0 saturated heterocycles. The van der Waals surface area contributed by atoms with Gasteiger partial charge in [0, 0.05) is 34.5 Å². The Morgan fingerprint density at radius 1 is 1.08 bits per heavy atom.